The molecule has 1 aromatic heterocycles. The number of hydrogen-bond donors (Lipinski definition) is 2. The van der Waals surface area contributed by atoms with Crippen LogP contribution in [0.1, 0.15) is 95.3 Å². The first kappa shape index (κ1) is 63.0. The zero-order valence-corrected chi connectivity index (χ0v) is 47.6. The van der Waals surface area contributed by atoms with Crippen molar-refractivity contribution in [1.29, 1.82) is 0 Å². The predicted octanol–water partition coefficient (Wildman–Crippen LogP) is 10.8. The molecule has 0 spiro atoms. The van der Waals surface area contributed by atoms with Gasteiger partial charge in [0.05, 0.1) is 109 Å². The molecule has 2 amide bonds. The van der Waals surface area contributed by atoms with Gasteiger partial charge in [0.25, 0.3) is 5.91 Å². The van der Waals surface area contributed by atoms with E-state index in [2.05, 4.69) is 29.0 Å². The van der Waals surface area contributed by atoms with Gasteiger partial charge in [-0.15, -0.1) is 0 Å². The van der Waals surface area contributed by atoms with Gasteiger partial charge in [0.1, 0.15) is 30.4 Å². The molecule has 1 aliphatic rings. The van der Waals surface area contributed by atoms with Crippen LogP contribution in [-0.2, 0) is 65.3 Å². The van der Waals surface area contributed by atoms with Crippen molar-refractivity contribution in [2.24, 2.45) is 0 Å². The van der Waals surface area contributed by atoms with Crippen molar-refractivity contribution in [3.63, 3.8) is 0 Å². The minimum atomic E-state index is -0.981. The first-order chi connectivity index (χ1) is 38.6. The molecule has 1 saturated heterocycles. The molecule has 6 rings (SSSR count). The van der Waals surface area contributed by atoms with E-state index < -0.39 is 29.4 Å². The Morgan fingerprint density at radius 2 is 1.24 bits per heavy atom. The summed E-state index contributed by atoms with van der Waals surface area (Å²) in [7, 11) is 0. The molecule has 18 heteroatoms. The predicted molar refractivity (Wildman–Crippen MR) is 302 cm³/mol. The van der Waals surface area contributed by atoms with Crippen molar-refractivity contribution in [3.8, 4) is 28.1 Å². The first-order valence-corrected chi connectivity index (χ1v) is 27.7. The van der Waals surface area contributed by atoms with E-state index in [1.165, 1.54) is 12.1 Å². The van der Waals surface area contributed by atoms with Crippen LogP contribution in [0.15, 0.2) is 109 Å². The van der Waals surface area contributed by atoms with Gasteiger partial charge >= 0.3 is 12.1 Å². The van der Waals surface area contributed by atoms with E-state index in [1.54, 1.807) is 6.07 Å². The summed E-state index contributed by atoms with van der Waals surface area (Å²) in [5, 5.41) is 5.80. The van der Waals surface area contributed by atoms with E-state index in [0.717, 1.165) is 16.8 Å². The normalized spacial score (nSPS) is 15.2. The van der Waals surface area contributed by atoms with Crippen LogP contribution in [0.4, 0.5) is 14.9 Å². The molecule has 0 unspecified atom stereocenters. The maximum Gasteiger partial charge on any atom is 0.407 e. The number of alkyl carbamates (subject to hydrolysis) is 1. The summed E-state index contributed by atoms with van der Waals surface area (Å²) >= 11 is 0. The smallest absolute Gasteiger partial charge is 0.407 e. The summed E-state index contributed by atoms with van der Waals surface area (Å²) in [6, 6.07) is 33.0. The second-order valence-corrected chi connectivity index (χ2v) is 20.8. The van der Waals surface area contributed by atoms with E-state index in [0.29, 0.717) is 127 Å². The average Bonchev–Trinajstić information content (AvgIpc) is 3.93. The Balaban J connectivity index is 0.989. The molecular weight excluding hydrogens is 1030 g/mol. The van der Waals surface area contributed by atoms with Crippen molar-refractivity contribution in [3.05, 3.63) is 132 Å². The number of para-hydroxylation sites is 1. The van der Waals surface area contributed by atoms with Gasteiger partial charge in [0, 0.05) is 48.1 Å². The topological polar surface area (TPSA) is 182 Å². The van der Waals surface area contributed by atoms with Crippen LogP contribution in [0.3, 0.4) is 0 Å². The Morgan fingerprint density at radius 1 is 0.700 bits per heavy atom. The Labute approximate surface area is 470 Å². The van der Waals surface area contributed by atoms with E-state index in [-0.39, 0.29) is 55.9 Å². The van der Waals surface area contributed by atoms with Crippen LogP contribution >= 0.6 is 0 Å². The van der Waals surface area contributed by atoms with E-state index in [4.69, 9.17) is 52.1 Å². The first-order valence-electron chi connectivity index (χ1n) is 27.7. The largest absolute Gasteiger partial charge is 0.490 e. The molecule has 4 aromatic carbocycles. The summed E-state index contributed by atoms with van der Waals surface area (Å²) in [4.78, 5) is 39.7. The second-order valence-electron chi connectivity index (χ2n) is 20.8. The fourth-order valence-corrected chi connectivity index (χ4v) is 9.17. The van der Waals surface area contributed by atoms with E-state index in [1.807, 2.05) is 126 Å². The summed E-state index contributed by atoms with van der Waals surface area (Å²) in [6.45, 7) is 18.7. The highest BCUT2D eigenvalue weighted by molar-refractivity contribution is 6.12. The molecule has 5 aromatic rings. The molecule has 1 fully saturated rings. The number of halogens is 1. The van der Waals surface area contributed by atoms with Gasteiger partial charge in [-0.3, -0.25) is 9.59 Å². The van der Waals surface area contributed by atoms with Crippen molar-refractivity contribution in [1.82, 2.24) is 9.88 Å². The molecular formula is C62H82FN3O14. The molecule has 80 heavy (non-hydrogen) atoms. The van der Waals surface area contributed by atoms with Gasteiger partial charge < -0.3 is 67.3 Å². The van der Waals surface area contributed by atoms with Gasteiger partial charge in [-0.1, -0.05) is 92.7 Å². The lowest BCUT2D eigenvalue weighted by Gasteiger charge is -2.41. The van der Waals surface area contributed by atoms with Crippen LogP contribution in [0.2, 0.25) is 0 Å². The molecule has 2 heterocycles. The van der Waals surface area contributed by atoms with Crippen LogP contribution in [0.25, 0.3) is 22.4 Å². The molecule has 1 aliphatic heterocycles. The minimum absolute atomic E-state index is 0.0751. The summed E-state index contributed by atoms with van der Waals surface area (Å²) in [5.74, 6) is -1.97. The molecule has 0 saturated carbocycles. The van der Waals surface area contributed by atoms with Gasteiger partial charge in [-0.05, 0) is 82.3 Å². The fourth-order valence-electron chi connectivity index (χ4n) is 9.17. The number of esters is 1. The van der Waals surface area contributed by atoms with E-state index >= 15 is 4.39 Å². The van der Waals surface area contributed by atoms with Crippen molar-refractivity contribution in [2.45, 2.75) is 110 Å². The van der Waals surface area contributed by atoms with Crippen molar-refractivity contribution >= 4 is 23.7 Å². The maximum atomic E-state index is 15.4. The number of benzene rings is 4. The SMILES string of the molecule is CC(C)c1c(C(=O)Nc2ccccc2)c(-c2ccccc2)c(-c2ccc(F)cc2OCCOCCOCCOCCOCCOCCOCCNC(=O)OCc2ccccc2)n1CC[C@@H]1C[C@H](CC(=O)OC(C)(C)C)OC(C)(C)O1. The van der Waals surface area contributed by atoms with Crippen LogP contribution in [-0.4, -0.2) is 139 Å². The number of nitrogens with zero attached hydrogens (tertiary/aromatic N) is 1. The number of carbonyl (C=O) groups excluding carboxylic acids is 3. The van der Waals surface area contributed by atoms with Crippen molar-refractivity contribution in [2.75, 3.05) is 97.8 Å². The van der Waals surface area contributed by atoms with E-state index in [9.17, 15) is 14.4 Å². The monoisotopic (exact) mass is 1110 g/mol. The minimum Gasteiger partial charge on any atom is -0.490 e. The highest BCUT2D eigenvalue weighted by Crippen LogP contribution is 2.46. The Hall–Kier alpha value is -6.22. The second kappa shape index (κ2) is 32.9. The Bertz CT molecular complexity index is 2630. The molecule has 2 N–H and O–H groups in total. The lowest BCUT2D eigenvalue weighted by Crippen LogP contribution is -2.46. The number of rotatable bonds is 34. The summed E-state index contributed by atoms with van der Waals surface area (Å²) in [5.41, 5.74) is 4.93. The third-order valence-corrected chi connectivity index (χ3v) is 12.4. The molecule has 0 aliphatic carbocycles. The van der Waals surface area contributed by atoms with Gasteiger partial charge in [0.2, 0.25) is 0 Å². The number of ether oxygens (including phenoxy) is 11. The molecule has 0 bridgehead atoms. The van der Waals surface area contributed by atoms with Gasteiger partial charge in [-0.2, -0.15) is 0 Å². The molecule has 436 valence electrons. The standard InChI is InChI=1S/C62H82FN3O14/c1-45(2)57-56(59(68)65-49-21-15-10-16-22-49)55(47-19-13-9-14-20-47)58(66(57)27-25-50-42-51(79-62(6,7)78-50)43-54(67)80-61(3,4)5)52-24-23-48(63)41-53(52)76-40-39-75-38-37-74-36-35-73-34-33-72-32-31-71-30-29-70-28-26-64-60(69)77-44-46-17-11-8-12-18-46/h8-24,41,45,50-51H,25-40,42-44H2,1-7H3,(H,64,69)(H,65,68)/t50-,51-/m1/s1. The van der Waals surface area contributed by atoms with Crippen LogP contribution in [0, 0.1) is 5.82 Å². The average molecular weight is 1110 g/mol. The number of nitrogens with one attached hydrogen (secondary N) is 2. The third kappa shape index (κ3) is 21.7. The summed E-state index contributed by atoms with van der Waals surface area (Å²) in [6.07, 6.45) is -0.251. The lowest BCUT2D eigenvalue weighted by atomic mass is 9.94. The quantitative estimate of drug-likeness (QED) is 0.0293. The third-order valence-electron chi connectivity index (χ3n) is 12.4. The number of amides is 2. The van der Waals surface area contributed by atoms with Crippen LogP contribution < -0.4 is 15.4 Å². The number of anilines is 1. The molecule has 0 radical (unpaired) electrons. The van der Waals surface area contributed by atoms with Gasteiger partial charge in [-0.25, -0.2) is 9.18 Å². The fraction of sp³-hybridized carbons (Fsp3) is 0.500. The Morgan fingerprint density at radius 3 is 1.81 bits per heavy atom. The maximum absolute atomic E-state index is 15.4. The molecule has 17 nitrogen and oxygen atoms in total. The summed E-state index contributed by atoms with van der Waals surface area (Å²) < 4.78 is 81.3. The highest BCUT2D eigenvalue weighted by atomic mass is 19.1. The molecule has 2 atom stereocenters. The highest BCUT2D eigenvalue weighted by Gasteiger charge is 2.38. The Kier molecular flexibility index (Phi) is 25.9. The van der Waals surface area contributed by atoms with Gasteiger partial charge in [0.15, 0.2) is 5.79 Å². The van der Waals surface area contributed by atoms with Crippen LogP contribution in [0.5, 0.6) is 5.75 Å². The number of aromatic nitrogens is 1. The zero-order chi connectivity index (χ0) is 57.2. The van der Waals surface area contributed by atoms with Crippen molar-refractivity contribution < 1.29 is 70.9 Å². The zero-order valence-electron chi connectivity index (χ0n) is 47.6. The number of hydrogen-bond acceptors (Lipinski definition) is 14. The number of carbonyl (C=O) groups is 3. The lowest BCUT2D eigenvalue weighted by molar-refractivity contribution is -0.301.